The Morgan fingerprint density at radius 3 is 1.12 bits per heavy atom. The van der Waals surface area contributed by atoms with Crippen LogP contribution in [0, 0.1) is 0 Å². The summed E-state index contributed by atoms with van der Waals surface area (Å²) in [7, 11) is 0. The second kappa shape index (κ2) is 8.90. The van der Waals surface area contributed by atoms with Gasteiger partial charge >= 0.3 is 0 Å². The first-order valence-corrected chi connectivity index (χ1v) is 11.7. The van der Waals surface area contributed by atoms with Crippen molar-refractivity contribution >= 4 is 0 Å². The zero-order valence-corrected chi connectivity index (χ0v) is 20.6. The zero-order valence-electron chi connectivity index (χ0n) is 20.6. The van der Waals surface area contributed by atoms with Gasteiger partial charge in [-0.05, 0) is 45.2 Å². The van der Waals surface area contributed by atoms with Crippen molar-refractivity contribution in [2.24, 2.45) is 0 Å². The fourth-order valence-electron chi connectivity index (χ4n) is 4.61. The Labute approximate surface area is 199 Å². The van der Waals surface area contributed by atoms with Crippen molar-refractivity contribution in [2.45, 2.75) is 52.4 Å². The van der Waals surface area contributed by atoms with Gasteiger partial charge in [0.15, 0.2) is 0 Å². The molecule has 0 heterocycles. The highest BCUT2D eigenvalue weighted by molar-refractivity contribution is 5.74. The topological polar surface area (TPSA) is 9.23 Å². The van der Waals surface area contributed by atoms with E-state index in [4.69, 9.17) is 4.74 Å². The Balaban J connectivity index is 1.90. The highest BCUT2D eigenvalue weighted by Gasteiger charge is 2.27. The molecular formula is C32H34O. The predicted octanol–water partition coefficient (Wildman–Crippen LogP) is 9.41. The normalized spacial score (nSPS) is 11.9. The van der Waals surface area contributed by atoms with Crippen molar-refractivity contribution in [3.8, 4) is 33.8 Å². The Bertz CT molecular complexity index is 1120. The van der Waals surface area contributed by atoms with E-state index in [0.29, 0.717) is 0 Å². The third kappa shape index (κ3) is 4.88. The van der Waals surface area contributed by atoms with Crippen LogP contribution in [0.25, 0.3) is 22.3 Å². The summed E-state index contributed by atoms with van der Waals surface area (Å²) in [6, 6.07) is 34.0. The van der Waals surface area contributed by atoms with Crippen LogP contribution in [0.1, 0.15) is 52.7 Å². The molecule has 168 valence electrons. The van der Waals surface area contributed by atoms with Crippen molar-refractivity contribution in [1.82, 2.24) is 0 Å². The lowest BCUT2D eigenvalue weighted by Crippen LogP contribution is -2.17. The van der Waals surface area contributed by atoms with Crippen molar-refractivity contribution in [3.05, 3.63) is 108 Å². The Morgan fingerprint density at radius 2 is 0.788 bits per heavy atom. The summed E-state index contributed by atoms with van der Waals surface area (Å²) < 4.78 is 6.82. The second-order valence-electron chi connectivity index (χ2n) is 10.7. The molecular weight excluding hydrogens is 400 g/mol. The van der Waals surface area contributed by atoms with Crippen LogP contribution in [-0.2, 0) is 10.8 Å². The molecule has 0 radical (unpaired) electrons. The Morgan fingerprint density at radius 1 is 0.424 bits per heavy atom. The minimum atomic E-state index is -0.0826. The zero-order chi connectivity index (χ0) is 23.6. The maximum Gasteiger partial charge on any atom is 0.131 e. The molecule has 33 heavy (non-hydrogen) atoms. The first kappa shape index (κ1) is 22.9. The lowest BCUT2D eigenvalue weighted by molar-refractivity contribution is 0.437. The van der Waals surface area contributed by atoms with Crippen molar-refractivity contribution < 1.29 is 4.74 Å². The smallest absolute Gasteiger partial charge is 0.131 e. The standard InChI is InChI=1S/C32H34O/c1-31(2,3)29-25(23-15-9-7-10-16-23)19-13-21-27(29)33-28-22-14-20-26(30(28)32(4,5)6)24-17-11-8-12-18-24/h7-22H,1-6H3. The summed E-state index contributed by atoms with van der Waals surface area (Å²) in [4.78, 5) is 0. The van der Waals surface area contributed by atoms with Gasteiger partial charge < -0.3 is 4.74 Å². The number of hydrogen-bond donors (Lipinski definition) is 0. The van der Waals surface area contributed by atoms with E-state index in [2.05, 4.69) is 139 Å². The largest absolute Gasteiger partial charge is 0.457 e. The van der Waals surface area contributed by atoms with Crippen LogP contribution < -0.4 is 4.74 Å². The van der Waals surface area contributed by atoms with Crippen LogP contribution in [0.3, 0.4) is 0 Å². The highest BCUT2D eigenvalue weighted by Crippen LogP contribution is 2.45. The Hall–Kier alpha value is -3.32. The lowest BCUT2D eigenvalue weighted by atomic mass is 9.80. The molecule has 0 aromatic heterocycles. The van der Waals surface area contributed by atoms with E-state index in [1.54, 1.807) is 0 Å². The predicted molar refractivity (Wildman–Crippen MR) is 141 cm³/mol. The van der Waals surface area contributed by atoms with Gasteiger partial charge in [0.05, 0.1) is 0 Å². The molecule has 4 aromatic carbocycles. The van der Waals surface area contributed by atoms with E-state index in [0.717, 1.165) is 11.5 Å². The van der Waals surface area contributed by atoms with Crippen LogP contribution >= 0.6 is 0 Å². The molecule has 0 bridgehead atoms. The molecule has 0 aliphatic rings. The molecule has 0 N–H and O–H groups in total. The van der Waals surface area contributed by atoms with E-state index < -0.39 is 0 Å². The van der Waals surface area contributed by atoms with Crippen molar-refractivity contribution in [2.75, 3.05) is 0 Å². The summed E-state index contributed by atoms with van der Waals surface area (Å²) in [6.07, 6.45) is 0. The van der Waals surface area contributed by atoms with Gasteiger partial charge in [0.2, 0.25) is 0 Å². The molecule has 0 atom stereocenters. The number of benzene rings is 4. The van der Waals surface area contributed by atoms with E-state index in [1.807, 2.05) is 0 Å². The third-order valence-corrected chi connectivity index (χ3v) is 5.94. The van der Waals surface area contributed by atoms with Gasteiger partial charge in [-0.1, -0.05) is 126 Å². The van der Waals surface area contributed by atoms with Crippen molar-refractivity contribution in [1.29, 1.82) is 0 Å². The number of ether oxygens (including phenoxy) is 1. The molecule has 0 saturated carbocycles. The molecule has 4 rings (SSSR count). The number of hydrogen-bond acceptors (Lipinski definition) is 1. The van der Waals surface area contributed by atoms with Crippen molar-refractivity contribution in [3.63, 3.8) is 0 Å². The van der Waals surface area contributed by atoms with E-state index in [9.17, 15) is 0 Å². The summed E-state index contributed by atoms with van der Waals surface area (Å²) >= 11 is 0. The molecule has 0 amide bonds. The van der Waals surface area contributed by atoms with Gasteiger partial charge in [-0.2, -0.15) is 0 Å². The number of rotatable bonds is 4. The maximum absolute atomic E-state index is 6.82. The van der Waals surface area contributed by atoms with E-state index in [1.165, 1.54) is 33.4 Å². The quantitative estimate of drug-likeness (QED) is 0.311. The molecule has 0 aliphatic carbocycles. The SMILES string of the molecule is CC(C)(C)c1c(Oc2cccc(-c3ccccc3)c2C(C)(C)C)cccc1-c1ccccc1. The van der Waals surface area contributed by atoms with E-state index in [-0.39, 0.29) is 10.8 Å². The maximum atomic E-state index is 6.82. The molecule has 0 aliphatic heterocycles. The highest BCUT2D eigenvalue weighted by atomic mass is 16.5. The average molecular weight is 435 g/mol. The lowest BCUT2D eigenvalue weighted by Gasteiger charge is -2.29. The van der Waals surface area contributed by atoms with Gasteiger partial charge in [0.1, 0.15) is 11.5 Å². The molecule has 0 saturated heterocycles. The van der Waals surface area contributed by atoms with Crippen LogP contribution in [0.2, 0.25) is 0 Å². The molecule has 0 unspecified atom stereocenters. The molecule has 0 fully saturated rings. The minimum absolute atomic E-state index is 0.0826. The average Bonchev–Trinajstić information content (AvgIpc) is 2.78. The van der Waals surface area contributed by atoms with E-state index >= 15 is 0 Å². The Kier molecular flexibility index (Phi) is 6.17. The van der Waals surface area contributed by atoms with Gasteiger partial charge in [-0.15, -0.1) is 0 Å². The fraction of sp³-hybridized carbons (Fsp3) is 0.250. The van der Waals surface area contributed by atoms with Gasteiger partial charge in [0.25, 0.3) is 0 Å². The summed E-state index contributed by atoms with van der Waals surface area (Å²) in [6.45, 7) is 13.5. The monoisotopic (exact) mass is 434 g/mol. The fourth-order valence-corrected chi connectivity index (χ4v) is 4.61. The van der Waals surface area contributed by atoms with Gasteiger partial charge in [0, 0.05) is 11.1 Å². The summed E-state index contributed by atoms with van der Waals surface area (Å²) in [5, 5.41) is 0. The first-order chi connectivity index (χ1) is 15.7. The van der Waals surface area contributed by atoms with Crippen LogP contribution in [0.15, 0.2) is 97.1 Å². The second-order valence-corrected chi connectivity index (χ2v) is 10.7. The summed E-state index contributed by atoms with van der Waals surface area (Å²) in [5.41, 5.74) is 7.14. The van der Waals surface area contributed by atoms with Crippen LogP contribution in [0.5, 0.6) is 11.5 Å². The van der Waals surface area contributed by atoms with Crippen LogP contribution in [-0.4, -0.2) is 0 Å². The minimum Gasteiger partial charge on any atom is -0.457 e. The third-order valence-electron chi connectivity index (χ3n) is 5.94. The van der Waals surface area contributed by atoms with Gasteiger partial charge in [-0.3, -0.25) is 0 Å². The molecule has 1 heteroatoms. The molecule has 4 aromatic rings. The molecule has 0 spiro atoms. The molecule has 1 nitrogen and oxygen atoms in total. The summed E-state index contributed by atoms with van der Waals surface area (Å²) in [5.74, 6) is 1.83. The van der Waals surface area contributed by atoms with Crippen LogP contribution in [0.4, 0.5) is 0 Å². The first-order valence-electron chi connectivity index (χ1n) is 11.7. The van der Waals surface area contributed by atoms with Gasteiger partial charge in [-0.25, -0.2) is 0 Å².